The van der Waals surface area contributed by atoms with Gasteiger partial charge in [0.2, 0.25) is 6.10 Å². The monoisotopic (exact) mass is 272 g/mol. The lowest BCUT2D eigenvalue weighted by molar-refractivity contribution is -0.177. The number of rotatable bonds is 8. The molecular weight excluding hydrogens is 244 g/mol. The summed E-state index contributed by atoms with van der Waals surface area (Å²) in [6.07, 6.45) is 1.64. The maximum atomic E-state index is 12.1. The van der Waals surface area contributed by atoms with E-state index >= 15 is 0 Å². The van der Waals surface area contributed by atoms with E-state index in [-0.39, 0.29) is 11.9 Å². The zero-order valence-electron chi connectivity index (χ0n) is 13.1. The molecule has 0 spiro atoms. The Balaban J connectivity index is 4.85. The topological polar surface area (TPSA) is 52.6 Å². The predicted molar refractivity (Wildman–Crippen MR) is 74.7 cm³/mol. The summed E-state index contributed by atoms with van der Waals surface area (Å²) >= 11 is 0. The van der Waals surface area contributed by atoms with Crippen molar-refractivity contribution in [1.29, 1.82) is 0 Å². The summed E-state index contributed by atoms with van der Waals surface area (Å²) in [6, 6.07) is 0. The summed E-state index contributed by atoms with van der Waals surface area (Å²) in [6.45, 7) is 11.6. The molecule has 2 unspecified atom stereocenters. The fraction of sp³-hybridized carbons (Fsp3) is 0.867. The van der Waals surface area contributed by atoms with E-state index in [1.54, 1.807) is 6.92 Å². The number of esters is 2. The van der Waals surface area contributed by atoms with Crippen molar-refractivity contribution >= 4 is 11.9 Å². The van der Waals surface area contributed by atoms with Gasteiger partial charge in [0.05, 0.1) is 12.0 Å². The van der Waals surface area contributed by atoms with Crippen molar-refractivity contribution in [3.8, 4) is 0 Å². The number of hydrogen-bond acceptors (Lipinski definition) is 4. The average molecular weight is 272 g/mol. The zero-order chi connectivity index (χ0) is 15.1. The molecule has 19 heavy (non-hydrogen) atoms. The van der Waals surface area contributed by atoms with Crippen LogP contribution in [0.15, 0.2) is 0 Å². The van der Waals surface area contributed by atoms with Crippen LogP contribution < -0.4 is 0 Å². The zero-order valence-corrected chi connectivity index (χ0v) is 13.1. The third-order valence-electron chi connectivity index (χ3n) is 3.45. The molecule has 0 aromatic rings. The van der Waals surface area contributed by atoms with Crippen LogP contribution in [0, 0.1) is 11.3 Å². The van der Waals surface area contributed by atoms with E-state index in [0.29, 0.717) is 13.0 Å². The van der Waals surface area contributed by atoms with Crippen molar-refractivity contribution in [2.24, 2.45) is 11.3 Å². The van der Waals surface area contributed by atoms with Crippen LogP contribution in [-0.2, 0) is 19.1 Å². The Morgan fingerprint density at radius 1 is 1.16 bits per heavy atom. The lowest BCUT2D eigenvalue weighted by Crippen LogP contribution is -2.39. The minimum atomic E-state index is -0.793. The molecule has 0 aromatic carbocycles. The van der Waals surface area contributed by atoms with Gasteiger partial charge in [-0.25, -0.2) is 4.79 Å². The molecule has 0 aliphatic carbocycles. The molecule has 4 nitrogen and oxygen atoms in total. The second-order valence-corrected chi connectivity index (χ2v) is 5.58. The van der Waals surface area contributed by atoms with Crippen LogP contribution in [0.25, 0.3) is 0 Å². The van der Waals surface area contributed by atoms with E-state index in [4.69, 9.17) is 9.47 Å². The Bertz CT molecular complexity index is 297. The van der Waals surface area contributed by atoms with E-state index in [1.165, 1.54) is 0 Å². The van der Waals surface area contributed by atoms with Crippen molar-refractivity contribution in [1.82, 2.24) is 0 Å². The molecule has 0 fully saturated rings. The van der Waals surface area contributed by atoms with Crippen LogP contribution >= 0.6 is 0 Å². The van der Waals surface area contributed by atoms with Crippen LogP contribution in [0.4, 0.5) is 0 Å². The first-order valence-corrected chi connectivity index (χ1v) is 7.17. The highest BCUT2D eigenvalue weighted by Crippen LogP contribution is 2.25. The molecule has 112 valence electrons. The van der Waals surface area contributed by atoms with Gasteiger partial charge in [-0.3, -0.25) is 4.79 Å². The first-order chi connectivity index (χ1) is 8.80. The van der Waals surface area contributed by atoms with Gasteiger partial charge in [0, 0.05) is 5.92 Å². The summed E-state index contributed by atoms with van der Waals surface area (Å²) in [4.78, 5) is 24.0. The first-order valence-electron chi connectivity index (χ1n) is 7.17. The molecule has 0 saturated heterocycles. The van der Waals surface area contributed by atoms with Crippen molar-refractivity contribution in [3.63, 3.8) is 0 Å². The molecule has 0 aliphatic heterocycles. The van der Waals surface area contributed by atoms with E-state index < -0.39 is 17.5 Å². The maximum Gasteiger partial charge on any atom is 0.347 e. The van der Waals surface area contributed by atoms with Crippen LogP contribution in [0.5, 0.6) is 0 Å². The Hall–Kier alpha value is -1.06. The van der Waals surface area contributed by atoms with E-state index in [1.807, 2.05) is 34.6 Å². The number of carbonyl (C=O) groups is 2. The second-order valence-electron chi connectivity index (χ2n) is 5.58. The van der Waals surface area contributed by atoms with Gasteiger partial charge in [0.1, 0.15) is 0 Å². The van der Waals surface area contributed by atoms with Gasteiger partial charge in [-0.1, -0.05) is 27.2 Å². The molecule has 0 N–H and O–H groups in total. The molecule has 0 amide bonds. The largest absolute Gasteiger partial charge is 0.463 e. The fourth-order valence-electron chi connectivity index (χ4n) is 1.65. The second kappa shape index (κ2) is 8.18. The van der Waals surface area contributed by atoms with Gasteiger partial charge in [-0.05, 0) is 33.6 Å². The lowest BCUT2D eigenvalue weighted by atomic mass is 9.90. The lowest BCUT2D eigenvalue weighted by Gasteiger charge is -2.27. The molecule has 0 rings (SSSR count). The molecule has 0 aliphatic rings. The SMILES string of the molecule is CCCC(C)C(OC(=O)C(C)(C)CC)C(=O)OCC. The minimum absolute atomic E-state index is 0.0272. The van der Waals surface area contributed by atoms with Crippen molar-refractivity contribution < 1.29 is 19.1 Å². The summed E-state index contributed by atoms with van der Waals surface area (Å²) in [5.74, 6) is -0.805. The Kier molecular flexibility index (Phi) is 7.72. The Morgan fingerprint density at radius 2 is 1.74 bits per heavy atom. The molecule has 0 bridgehead atoms. The fourth-order valence-corrected chi connectivity index (χ4v) is 1.65. The molecule has 0 saturated carbocycles. The highest BCUT2D eigenvalue weighted by molar-refractivity contribution is 5.82. The quantitative estimate of drug-likeness (QED) is 0.636. The normalized spacial score (nSPS) is 14.6. The molecular formula is C15H28O4. The van der Waals surface area contributed by atoms with E-state index in [2.05, 4.69) is 0 Å². The summed E-state index contributed by atoms with van der Waals surface area (Å²) in [5, 5.41) is 0. The number of ether oxygens (including phenoxy) is 2. The average Bonchev–Trinajstić information content (AvgIpc) is 2.35. The van der Waals surface area contributed by atoms with Crippen molar-refractivity contribution in [2.75, 3.05) is 6.61 Å². The predicted octanol–water partition coefficient (Wildman–Crippen LogP) is 3.33. The van der Waals surface area contributed by atoms with Gasteiger partial charge in [-0.2, -0.15) is 0 Å². The molecule has 0 radical (unpaired) electrons. The highest BCUT2D eigenvalue weighted by atomic mass is 16.6. The molecule has 4 heteroatoms. The van der Waals surface area contributed by atoms with Gasteiger partial charge in [0.15, 0.2) is 0 Å². The standard InChI is InChI=1S/C15H28O4/c1-7-10-11(4)12(13(16)18-9-3)19-14(17)15(5,6)8-2/h11-12H,7-10H2,1-6H3. The molecule has 0 heterocycles. The van der Waals surface area contributed by atoms with Crippen molar-refractivity contribution in [2.45, 2.75) is 66.9 Å². The Morgan fingerprint density at radius 3 is 2.16 bits per heavy atom. The Labute approximate surface area is 116 Å². The van der Waals surface area contributed by atoms with E-state index in [9.17, 15) is 9.59 Å². The molecule has 0 aromatic heterocycles. The smallest absolute Gasteiger partial charge is 0.347 e. The summed E-state index contributed by atoms with van der Waals surface area (Å²) in [5.41, 5.74) is -0.573. The summed E-state index contributed by atoms with van der Waals surface area (Å²) in [7, 11) is 0. The summed E-state index contributed by atoms with van der Waals surface area (Å²) < 4.78 is 10.4. The van der Waals surface area contributed by atoms with Gasteiger partial charge < -0.3 is 9.47 Å². The first kappa shape index (κ1) is 17.9. The minimum Gasteiger partial charge on any atom is -0.463 e. The van der Waals surface area contributed by atoms with Crippen LogP contribution in [0.3, 0.4) is 0 Å². The third kappa shape index (κ3) is 5.62. The van der Waals surface area contributed by atoms with E-state index in [0.717, 1.165) is 12.8 Å². The van der Waals surface area contributed by atoms with Gasteiger partial charge in [0.25, 0.3) is 0 Å². The number of carbonyl (C=O) groups excluding carboxylic acids is 2. The van der Waals surface area contributed by atoms with Crippen molar-refractivity contribution in [3.05, 3.63) is 0 Å². The van der Waals surface area contributed by atoms with Crippen LogP contribution in [0.2, 0.25) is 0 Å². The number of hydrogen-bond donors (Lipinski definition) is 0. The van der Waals surface area contributed by atoms with Crippen LogP contribution in [-0.4, -0.2) is 24.6 Å². The van der Waals surface area contributed by atoms with Gasteiger partial charge in [-0.15, -0.1) is 0 Å². The van der Waals surface area contributed by atoms with Crippen LogP contribution in [0.1, 0.15) is 60.8 Å². The third-order valence-corrected chi connectivity index (χ3v) is 3.45. The van der Waals surface area contributed by atoms with Gasteiger partial charge >= 0.3 is 11.9 Å². The maximum absolute atomic E-state index is 12.1. The molecule has 2 atom stereocenters. The highest BCUT2D eigenvalue weighted by Gasteiger charge is 2.35.